The van der Waals surface area contributed by atoms with Gasteiger partial charge in [-0.3, -0.25) is 14.6 Å². The monoisotopic (exact) mass is 458 g/mol. The van der Waals surface area contributed by atoms with Gasteiger partial charge in [-0.2, -0.15) is 0 Å². The van der Waals surface area contributed by atoms with Crippen LogP contribution in [-0.4, -0.2) is 47.0 Å². The first-order valence-corrected chi connectivity index (χ1v) is 10.8. The predicted molar refractivity (Wildman–Crippen MR) is 123 cm³/mol. The van der Waals surface area contributed by atoms with Gasteiger partial charge >= 0.3 is 0 Å². The van der Waals surface area contributed by atoms with Gasteiger partial charge in [-0.25, -0.2) is 0 Å². The van der Waals surface area contributed by atoms with Crippen molar-refractivity contribution in [3.63, 3.8) is 0 Å². The molecule has 0 bridgehead atoms. The zero-order chi connectivity index (χ0) is 23.7. The number of pyridine rings is 1. The maximum Gasteiger partial charge on any atom is 0.296 e. The van der Waals surface area contributed by atoms with Gasteiger partial charge in [-0.1, -0.05) is 24.3 Å². The molecule has 34 heavy (non-hydrogen) atoms. The fourth-order valence-corrected chi connectivity index (χ4v) is 4.27. The summed E-state index contributed by atoms with van der Waals surface area (Å²) in [6, 6.07) is 16.5. The van der Waals surface area contributed by atoms with Crippen molar-refractivity contribution in [1.29, 1.82) is 0 Å². The molecule has 0 spiro atoms. The third-order valence-corrected chi connectivity index (χ3v) is 5.85. The number of likely N-dealkylation sites (tertiary alicyclic amines) is 1. The summed E-state index contributed by atoms with van der Waals surface area (Å²) >= 11 is 0. The Labute approximate surface area is 196 Å². The number of fused-ring (bicyclic) bond motifs is 1. The van der Waals surface area contributed by atoms with E-state index in [1.807, 2.05) is 6.07 Å². The molecule has 1 aromatic heterocycles. The topological polar surface area (TPSA) is 98.2 Å². The Balaban J connectivity index is 1.66. The maximum absolute atomic E-state index is 13.3. The summed E-state index contributed by atoms with van der Waals surface area (Å²) in [4.78, 5) is 32.2. The highest BCUT2D eigenvalue weighted by atomic mass is 16.6. The van der Waals surface area contributed by atoms with Gasteiger partial charge in [0.15, 0.2) is 11.5 Å². The number of benzene rings is 2. The van der Waals surface area contributed by atoms with Gasteiger partial charge in [0.25, 0.3) is 11.7 Å². The van der Waals surface area contributed by atoms with E-state index >= 15 is 0 Å². The van der Waals surface area contributed by atoms with E-state index in [2.05, 4.69) is 4.98 Å². The van der Waals surface area contributed by atoms with Crippen molar-refractivity contribution in [2.75, 3.05) is 20.3 Å². The molecule has 1 unspecified atom stereocenters. The Morgan fingerprint density at radius 1 is 1.06 bits per heavy atom. The fraction of sp³-hybridized carbons (Fsp3) is 0.192. The number of aliphatic hydroxyl groups excluding tert-OH is 1. The Hall–Kier alpha value is -4.33. The lowest BCUT2D eigenvalue weighted by atomic mass is 9.94. The number of methoxy groups -OCH3 is 1. The first-order chi connectivity index (χ1) is 16.6. The highest BCUT2D eigenvalue weighted by Crippen LogP contribution is 2.44. The number of aliphatic hydroxyl groups is 1. The molecule has 8 nitrogen and oxygen atoms in total. The second-order valence-electron chi connectivity index (χ2n) is 7.85. The van der Waals surface area contributed by atoms with Gasteiger partial charge < -0.3 is 24.2 Å². The summed E-state index contributed by atoms with van der Waals surface area (Å²) in [6.07, 6.45) is 1.62. The van der Waals surface area contributed by atoms with E-state index in [0.29, 0.717) is 47.3 Å². The minimum Gasteiger partial charge on any atom is -0.507 e. The van der Waals surface area contributed by atoms with E-state index in [-0.39, 0.29) is 17.9 Å². The van der Waals surface area contributed by atoms with E-state index in [0.717, 1.165) is 0 Å². The maximum atomic E-state index is 13.3. The Kier molecular flexibility index (Phi) is 5.63. The fourth-order valence-electron chi connectivity index (χ4n) is 4.27. The molecular formula is C26H22N2O6. The number of rotatable bonds is 5. The van der Waals surface area contributed by atoms with Crippen LogP contribution in [0, 0.1) is 0 Å². The summed E-state index contributed by atoms with van der Waals surface area (Å²) in [5.41, 5.74) is 1.52. The van der Waals surface area contributed by atoms with Gasteiger partial charge in [-0.15, -0.1) is 0 Å². The first kappa shape index (κ1) is 21.5. The molecule has 0 aliphatic carbocycles. The Morgan fingerprint density at radius 2 is 1.82 bits per heavy atom. The van der Waals surface area contributed by atoms with Crippen LogP contribution in [0.15, 0.2) is 72.4 Å². The summed E-state index contributed by atoms with van der Waals surface area (Å²) in [5.74, 6) is -0.283. The molecule has 1 N–H and O–H groups in total. The normalized spacial score (nSPS) is 18.7. The third kappa shape index (κ3) is 3.73. The summed E-state index contributed by atoms with van der Waals surface area (Å²) in [7, 11) is 1.52. The van der Waals surface area contributed by atoms with Crippen LogP contribution in [0.5, 0.6) is 17.2 Å². The number of nitrogens with zero attached hydrogens (tertiary/aromatic N) is 2. The minimum absolute atomic E-state index is 0.0258. The van der Waals surface area contributed by atoms with Crippen molar-refractivity contribution in [2.24, 2.45) is 0 Å². The quantitative estimate of drug-likeness (QED) is 0.355. The van der Waals surface area contributed by atoms with Gasteiger partial charge in [0.05, 0.1) is 31.0 Å². The van der Waals surface area contributed by atoms with Crippen LogP contribution < -0.4 is 14.2 Å². The van der Waals surface area contributed by atoms with Crippen molar-refractivity contribution >= 4 is 17.4 Å². The molecule has 3 aromatic rings. The lowest BCUT2D eigenvalue weighted by molar-refractivity contribution is -0.140. The van der Waals surface area contributed by atoms with Gasteiger partial charge in [0.2, 0.25) is 0 Å². The molecule has 5 rings (SSSR count). The van der Waals surface area contributed by atoms with E-state index in [1.54, 1.807) is 60.8 Å². The van der Waals surface area contributed by atoms with E-state index in [1.165, 1.54) is 12.0 Å². The van der Waals surface area contributed by atoms with Crippen molar-refractivity contribution in [3.8, 4) is 17.2 Å². The number of hydrogen-bond donors (Lipinski definition) is 1. The van der Waals surface area contributed by atoms with Crippen molar-refractivity contribution in [1.82, 2.24) is 9.88 Å². The molecular weight excluding hydrogens is 436 g/mol. The average molecular weight is 458 g/mol. The average Bonchev–Trinajstić information content (AvgIpc) is 3.13. The van der Waals surface area contributed by atoms with Gasteiger partial charge in [0, 0.05) is 17.3 Å². The molecule has 2 aliphatic rings. The second kappa shape index (κ2) is 8.90. The molecule has 1 saturated heterocycles. The molecule has 1 atom stereocenters. The summed E-state index contributed by atoms with van der Waals surface area (Å²) in [5, 5.41) is 11.3. The van der Waals surface area contributed by atoms with Crippen LogP contribution in [0.2, 0.25) is 0 Å². The van der Waals surface area contributed by atoms with Crippen LogP contribution in [0.3, 0.4) is 0 Å². The highest BCUT2D eigenvalue weighted by molar-refractivity contribution is 6.46. The molecule has 1 fully saturated rings. The number of para-hydroxylation sites is 1. The number of carbonyl (C=O) groups excluding carboxylic acids is 2. The van der Waals surface area contributed by atoms with Gasteiger partial charge in [-0.05, 0) is 36.4 Å². The minimum atomic E-state index is -0.869. The lowest BCUT2D eigenvalue weighted by Gasteiger charge is -2.26. The number of Topliss-reactive ketones (excluding diaryl/α,β-unsaturated/α-hetero) is 1. The number of hydrogen-bond acceptors (Lipinski definition) is 7. The van der Waals surface area contributed by atoms with E-state index in [4.69, 9.17) is 14.2 Å². The molecule has 172 valence electrons. The van der Waals surface area contributed by atoms with Crippen LogP contribution in [0.4, 0.5) is 0 Å². The van der Waals surface area contributed by atoms with Crippen LogP contribution in [-0.2, 0) is 16.1 Å². The Bertz CT molecular complexity index is 1290. The number of amides is 1. The van der Waals surface area contributed by atoms with Crippen molar-refractivity contribution in [3.05, 3.63) is 89.3 Å². The smallest absolute Gasteiger partial charge is 0.296 e. The molecule has 8 heteroatoms. The van der Waals surface area contributed by atoms with Crippen molar-refractivity contribution < 1.29 is 28.9 Å². The van der Waals surface area contributed by atoms with Crippen LogP contribution >= 0.6 is 0 Å². The Morgan fingerprint density at radius 3 is 2.59 bits per heavy atom. The zero-order valence-corrected chi connectivity index (χ0v) is 18.4. The largest absolute Gasteiger partial charge is 0.507 e. The molecule has 0 saturated carbocycles. The zero-order valence-electron chi connectivity index (χ0n) is 18.4. The number of ketones is 1. The number of ether oxygens (including phenoxy) is 3. The van der Waals surface area contributed by atoms with E-state index in [9.17, 15) is 14.7 Å². The summed E-state index contributed by atoms with van der Waals surface area (Å²) in [6.45, 7) is 0.906. The molecule has 2 aliphatic heterocycles. The number of aromatic nitrogens is 1. The lowest BCUT2D eigenvalue weighted by Crippen LogP contribution is -2.29. The molecule has 2 aromatic carbocycles. The second-order valence-corrected chi connectivity index (χ2v) is 7.85. The van der Waals surface area contributed by atoms with Crippen LogP contribution in [0.25, 0.3) is 5.76 Å². The van der Waals surface area contributed by atoms with Gasteiger partial charge in [0.1, 0.15) is 24.7 Å². The molecule has 3 heterocycles. The van der Waals surface area contributed by atoms with Crippen LogP contribution in [0.1, 0.15) is 22.9 Å². The number of carbonyl (C=O) groups is 2. The third-order valence-electron chi connectivity index (χ3n) is 5.85. The molecule has 1 amide bonds. The van der Waals surface area contributed by atoms with Crippen molar-refractivity contribution in [2.45, 2.75) is 12.6 Å². The first-order valence-electron chi connectivity index (χ1n) is 10.8. The SMILES string of the molecule is COc1ccccc1C1/C(=C(\O)c2ccc3c(c2)OCCO3)C(=O)C(=O)N1Cc1ccccn1. The standard InChI is InChI=1S/C26H22N2O6/c1-32-19-8-3-2-7-18(19)23-22(24(29)16-9-10-20-21(14-16)34-13-12-33-20)25(30)26(31)28(23)15-17-6-4-5-11-27-17/h2-11,14,23,29H,12-13,15H2,1H3/b24-22+. The van der Waals surface area contributed by atoms with E-state index < -0.39 is 17.7 Å². The molecule has 0 radical (unpaired) electrons. The summed E-state index contributed by atoms with van der Waals surface area (Å²) < 4.78 is 16.7. The highest BCUT2D eigenvalue weighted by Gasteiger charge is 2.47. The predicted octanol–water partition coefficient (Wildman–Crippen LogP) is 3.48.